The van der Waals surface area contributed by atoms with E-state index in [9.17, 15) is 24.0 Å². The third kappa shape index (κ3) is 12.3. The standard InChI is InChI=1S/C31H46N4O6S/c1-6-7-8-9-10-17-26(37)42-18-12-11-15-23-19-25(36)32-20-22-14-13-16-24(33-22)28(38)35-31(4,5)30(40)34-27(21(2)3)29(39)41-23/h11,13-16,21,23,27H,6-10,12,17-20H2,1-5H3,(H,32,36)(H,34,40)(H,35,38)/t23-,27+/m1/s1. The molecule has 10 nitrogen and oxygen atoms in total. The van der Waals surface area contributed by atoms with E-state index in [0.29, 0.717) is 24.3 Å². The van der Waals surface area contributed by atoms with E-state index >= 15 is 0 Å². The number of pyridine rings is 1. The topological polar surface area (TPSA) is 144 Å². The maximum Gasteiger partial charge on any atom is 0.329 e. The van der Waals surface area contributed by atoms with E-state index in [1.54, 1.807) is 38.1 Å². The molecule has 232 valence electrons. The van der Waals surface area contributed by atoms with Crippen LogP contribution in [0.1, 0.15) is 102 Å². The summed E-state index contributed by atoms with van der Waals surface area (Å²) in [7, 11) is 0. The summed E-state index contributed by atoms with van der Waals surface area (Å²) in [6.45, 7) is 8.84. The van der Waals surface area contributed by atoms with Gasteiger partial charge >= 0.3 is 5.97 Å². The van der Waals surface area contributed by atoms with Gasteiger partial charge in [-0.3, -0.25) is 19.2 Å². The molecule has 0 saturated carbocycles. The lowest BCUT2D eigenvalue weighted by atomic mass is 9.99. The Labute approximate surface area is 253 Å². The largest absolute Gasteiger partial charge is 0.456 e. The van der Waals surface area contributed by atoms with Gasteiger partial charge in [0.1, 0.15) is 23.4 Å². The number of fused-ring (bicyclic) bond motifs is 2. The number of hydrogen-bond donors (Lipinski definition) is 3. The molecule has 42 heavy (non-hydrogen) atoms. The number of unbranched alkanes of at least 4 members (excludes halogenated alkanes) is 4. The Bertz CT molecular complexity index is 1120. The van der Waals surface area contributed by atoms with Crippen molar-refractivity contribution >= 4 is 40.6 Å². The molecule has 0 spiro atoms. The average molecular weight is 603 g/mol. The molecule has 1 aromatic heterocycles. The zero-order valence-corrected chi connectivity index (χ0v) is 26.3. The molecule has 2 bridgehead atoms. The van der Waals surface area contributed by atoms with Crippen molar-refractivity contribution in [3.63, 3.8) is 0 Å². The molecule has 0 aromatic carbocycles. The highest BCUT2D eigenvalue weighted by molar-refractivity contribution is 8.13. The van der Waals surface area contributed by atoms with E-state index in [1.165, 1.54) is 44.5 Å². The number of thioether (sulfide) groups is 1. The molecule has 0 unspecified atom stereocenters. The summed E-state index contributed by atoms with van der Waals surface area (Å²) in [6, 6.07) is 3.84. The van der Waals surface area contributed by atoms with Gasteiger partial charge in [0, 0.05) is 12.2 Å². The summed E-state index contributed by atoms with van der Waals surface area (Å²) in [5.74, 6) is -1.92. The van der Waals surface area contributed by atoms with Crippen LogP contribution in [-0.2, 0) is 30.5 Å². The van der Waals surface area contributed by atoms with E-state index in [2.05, 4.69) is 27.9 Å². The minimum absolute atomic E-state index is 0.0695. The summed E-state index contributed by atoms with van der Waals surface area (Å²) in [5.41, 5.74) is -0.790. The lowest BCUT2D eigenvalue weighted by Gasteiger charge is -2.29. The Balaban J connectivity index is 2.13. The minimum atomic E-state index is -1.35. The third-order valence-electron chi connectivity index (χ3n) is 6.74. The molecular formula is C31H46N4O6S. The van der Waals surface area contributed by atoms with Crippen LogP contribution in [-0.4, -0.2) is 57.2 Å². The highest BCUT2D eigenvalue weighted by Crippen LogP contribution is 2.15. The van der Waals surface area contributed by atoms with E-state index in [4.69, 9.17) is 4.74 Å². The SMILES string of the molecule is CCCCCCCC(=O)SCCC=C[C@@H]1CC(=O)NCc2cccc(n2)C(=O)NC(C)(C)C(=O)N[C@@H](C(C)C)C(=O)O1. The lowest BCUT2D eigenvalue weighted by Crippen LogP contribution is -2.59. The van der Waals surface area contributed by atoms with Crippen molar-refractivity contribution in [1.82, 2.24) is 20.9 Å². The summed E-state index contributed by atoms with van der Waals surface area (Å²) >= 11 is 1.29. The quantitative estimate of drug-likeness (QED) is 0.194. The van der Waals surface area contributed by atoms with E-state index in [-0.39, 0.29) is 35.6 Å². The predicted octanol–water partition coefficient (Wildman–Crippen LogP) is 4.23. The van der Waals surface area contributed by atoms with Gasteiger partial charge in [-0.25, -0.2) is 9.78 Å². The highest BCUT2D eigenvalue weighted by atomic mass is 32.2. The Morgan fingerprint density at radius 1 is 1.14 bits per heavy atom. The molecule has 2 rings (SSSR count). The number of nitrogens with one attached hydrogen (secondary N) is 3. The van der Waals surface area contributed by atoms with Crippen molar-refractivity contribution in [2.24, 2.45) is 5.92 Å². The Hall–Kier alpha value is -3.21. The van der Waals surface area contributed by atoms with Crippen LogP contribution < -0.4 is 16.0 Å². The van der Waals surface area contributed by atoms with Gasteiger partial charge in [0.15, 0.2) is 5.12 Å². The second-order valence-corrected chi connectivity index (χ2v) is 12.5. The molecule has 0 radical (unpaired) electrons. The molecule has 11 heteroatoms. The number of hydrogen-bond acceptors (Lipinski definition) is 8. The summed E-state index contributed by atoms with van der Waals surface area (Å²) in [4.78, 5) is 68.4. The summed E-state index contributed by atoms with van der Waals surface area (Å²) in [5, 5.41) is 8.30. The lowest BCUT2D eigenvalue weighted by molar-refractivity contribution is -0.153. The zero-order chi connectivity index (χ0) is 31.1. The van der Waals surface area contributed by atoms with Crippen molar-refractivity contribution < 1.29 is 28.7 Å². The number of aromatic nitrogens is 1. The minimum Gasteiger partial charge on any atom is -0.456 e. The fourth-order valence-corrected chi connectivity index (χ4v) is 4.95. The monoisotopic (exact) mass is 602 g/mol. The van der Waals surface area contributed by atoms with Crippen molar-refractivity contribution in [2.45, 2.75) is 110 Å². The second kappa shape index (κ2) is 17.7. The van der Waals surface area contributed by atoms with Gasteiger partial charge in [-0.15, -0.1) is 0 Å². The number of esters is 1. The summed E-state index contributed by atoms with van der Waals surface area (Å²) in [6.07, 6.45) is 9.07. The van der Waals surface area contributed by atoms with E-state index in [1.807, 2.05) is 0 Å². The fourth-order valence-electron chi connectivity index (χ4n) is 4.18. The first-order valence-corrected chi connectivity index (χ1v) is 15.8. The van der Waals surface area contributed by atoms with E-state index < -0.39 is 35.5 Å². The van der Waals surface area contributed by atoms with Crippen molar-refractivity contribution in [1.29, 1.82) is 0 Å². The molecule has 1 aliphatic rings. The van der Waals surface area contributed by atoms with Gasteiger partial charge in [-0.05, 0) is 50.8 Å². The Morgan fingerprint density at radius 2 is 1.88 bits per heavy atom. The molecule has 1 aromatic rings. The van der Waals surface area contributed by atoms with Gasteiger partial charge in [0.05, 0.1) is 18.7 Å². The summed E-state index contributed by atoms with van der Waals surface area (Å²) < 4.78 is 5.71. The Kier molecular flexibility index (Phi) is 14.7. The molecule has 0 saturated heterocycles. The maximum absolute atomic E-state index is 13.2. The normalized spacial score (nSPS) is 20.1. The van der Waals surface area contributed by atoms with Crippen LogP contribution in [0.5, 0.6) is 0 Å². The molecule has 3 N–H and O–H groups in total. The number of carbonyl (C=O) groups is 5. The predicted molar refractivity (Wildman–Crippen MR) is 163 cm³/mol. The first-order valence-electron chi connectivity index (χ1n) is 14.8. The highest BCUT2D eigenvalue weighted by Gasteiger charge is 2.36. The van der Waals surface area contributed by atoms with Crippen molar-refractivity contribution in [3.05, 3.63) is 41.7 Å². The van der Waals surface area contributed by atoms with Crippen LogP contribution in [0.3, 0.4) is 0 Å². The zero-order valence-electron chi connectivity index (χ0n) is 25.5. The molecule has 3 amide bonds. The van der Waals surface area contributed by atoms with Gasteiger partial charge in [0.25, 0.3) is 5.91 Å². The molecular weight excluding hydrogens is 556 g/mol. The van der Waals surface area contributed by atoms with Crippen LogP contribution in [0, 0.1) is 5.92 Å². The van der Waals surface area contributed by atoms with Crippen molar-refractivity contribution in [3.8, 4) is 0 Å². The van der Waals surface area contributed by atoms with Gasteiger partial charge in [0.2, 0.25) is 11.8 Å². The molecule has 2 heterocycles. The van der Waals surface area contributed by atoms with Crippen LogP contribution in [0.15, 0.2) is 30.4 Å². The first-order chi connectivity index (χ1) is 19.9. The Morgan fingerprint density at radius 3 is 2.60 bits per heavy atom. The number of nitrogens with zero attached hydrogens (tertiary/aromatic N) is 1. The molecule has 2 atom stereocenters. The van der Waals surface area contributed by atoms with Gasteiger partial charge < -0.3 is 20.7 Å². The van der Waals surface area contributed by atoms with Crippen LogP contribution >= 0.6 is 11.8 Å². The van der Waals surface area contributed by atoms with E-state index in [0.717, 1.165) is 19.3 Å². The van der Waals surface area contributed by atoms with Gasteiger partial charge in [-0.1, -0.05) is 70.4 Å². The first kappa shape index (κ1) is 35.0. The number of ether oxygens (including phenoxy) is 1. The maximum atomic E-state index is 13.2. The number of carbonyl (C=O) groups excluding carboxylic acids is 5. The fraction of sp³-hybridized carbons (Fsp3) is 0.613. The number of allylic oxidation sites excluding steroid dienone is 1. The molecule has 0 fully saturated rings. The van der Waals surface area contributed by atoms with Gasteiger partial charge in [-0.2, -0.15) is 0 Å². The van der Waals surface area contributed by atoms with Crippen molar-refractivity contribution in [2.75, 3.05) is 5.75 Å². The molecule has 1 aliphatic heterocycles. The smallest absolute Gasteiger partial charge is 0.329 e. The van der Waals surface area contributed by atoms with Crippen LogP contribution in [0.4, 0.5) is 0 Å². The second-order valence-electron chi connectivity index (χ2n) is 11.3. The number of rotatable bonds is 11. The molecule has 0 aliphatic carbocycles. The average Bonchev–Trinajstić information content (AvgIpc) is 2.93. The van der Waals surface area contributed by atoms with Crippen LogP contribution in [0.25, 0.3) is 0 Å². The number of cyclic esters (lactones) is 1. The third-order valence-corrected chi connectivity index (χ3v) is 7.71. The van der Waals surface area contributed by atoms with Crippen LogP contribution in [0.2, 0.25) is 0 Å². The number of amides is 3.